The Balaban J connectivity index is 1.76. The lowest BCUT2D eigenvalue weighted by Gasteiger charge is -2.31. The van der Waals surface area contributed by atoms with Crippen LogP contribution >= 0.6 is 11.3 Å². The van der Waals surface area contributed by atoms with Gasteiger partial charge in [-0.05, 0) is 33.2 Å². The van der Waals surface area contributed by atoms with Crippen LogP contribution in [0, 0.1) is 0 Å². The Morgan fingerprint density at radius 1 is 1.42 bits per heavy atom. The predicted octanol–water partition coefficient (Wildman–Crippen LogP) is 2.73. The van der Waals surface area contributed by atoms with Crippen LogP contribution < -0.4 is 5.32 Å². The molecule has 108 valence electrons. The first kappa shape index (κ1) is 14.9. The second kappa shape index (κ2) is 7.33. The largest absolute Gasteiger partial charge is 0.375 e. The predicted molar refractivity (Wildman–Crippen MR) is 77.3 cm³/mol. The summed E-state index contributed by atoms with van der Waals surface area (Å²) in [4.78, 5) is 4.57. The van der Waals surface area contributed by atoms with Crippen molar-refractivity contribution in [2.45, 2.75) is 65.1 Å². The first-order valence-electron chi connectivity index (χ1n) is 7.08. The van der Waals surface area contributed by atoms with Crippen molar-refractivity contribution in [3.63, 3.8) is 0 Å². The van der Waals surface area contributed by atoms with Gasteiger partial charge in [0.15, 0.2) is 0 Å². The molecule has 0 aliphatic carbocycles. The van der Waals surface area contributed by atoms with Crippen LogP contribution in [-0.4, -0.2) is 29.8 Å². The molecule has 4 nitrogen and oxygen atoms in total. The maximum Gasteiger partial charge on any atom is 0.107 e. The molecule has 0 aromatic carbocycles. The Hall–Kier alpha value is -0.490. The fraction of sp³-hybridized carbons (Fsp3) is 0.786. The van der Waals surface area contributed by atoms with Crippen LogP contribution in [0.15, 0.2) is 5.38 Å². The van der Waals surface area contributed by atoms with Gasteiger partial charge in [-0.15, -0.1) is 11.3 Å². The highest BCUT2D eigenvalue weighted by molar-refractivity contribution is 7.09. The smallest absolute Gasteiger partial charge is 0.107 e. The zero-order valence-corrected chi connectivity index (χ0v) is 12.8. The van der Waals surface area contributed by atoms with Crippen molar-refractivity contribution < 1.29 is 9.47 Å². The summed E-state index contributed by atoms with van der Waals surface area (Å²) in [5.74, 6) is 0. The van der Waals surface area contributed by atoms with E-state index in [4.69, 9.17) is 9.47 Å². The van der Waals surface area contributed by atoms with Crippen molar-refractivity contribution in [3.8, 4) is 0 Å². The summed E-state index contributed by atoms with van der Waals surface area (Å²) in [6.45, 7) is 8.78. The van der Waals surface area contributed by atoms with Crippen molar-refractivity contribution in [3.05, 3.63) is 16.1 Å². The summed E-state index contributed by atoms with van der Waals surface area (Å²) < 4.78 is 11.7. The average molecular weight is 284 g/mol. The number of thiazole rings is 1. The summed E-state index contributed by atoms with van der Waals surface area (Å²) >= 11 is 1.70. The van der Waals surface area contributed by atoms with Crippen LogP contribution in [-0.2, 0) is 22.6 Å². The van der Waals surface area contributed by atoms with Gasteiger partial charge in [-0.2, -0.15) is 0 Å². The highest BCUT2D eigenvalue weighted by atomic mass is 32.1. The normalized spacial score (nSPS) is 27.6. The van der Waals surface area contributed by atoms with Crippen molar-refractivity contribution in [2.24, 2.45) is 0 Å². The lowest BCUT2D eigenvalue weighted by Crippen LogP contribution is -2.34. The lowest BCUT2D eigenvalue weighted by molar-refractivity contribution is -0.106. The van der Waals surface area contributed by atoms with Crippen LogP contribution in [0.25, 0.3) is 0 Å². The maximum atomic E-state index is 5.97. The SMILES string of the molecule is CCNCc1nc(COC2CC(C)OC(C)C2)cs1. The molecule has 5 heteroatoms. The second-order valence-corrected chi connectivity index (χ2v) is 6.12. The quantitative estimate of drug-likeness (QED) is 0.872. The van der Waals surface area contributed by atoms with E-state index in [9.17, 15) is 0 Å². The Morgan fingerprint density at radius 3 is 2.84 bits per heavy atom. The summed E-state index contributed by atoms with van der Waals surface area (Å²) in [5.41, 5.74) is 1.05. The fourth-order valence-electron chi connectivity index (χ4n) is 2.41. The summed E-state index contributed by atoms with van der Waals surface area (Å²) in [6.07, 6.45) is 2.87. The molecule has 2 heterocycles. The van der Waals surface area contributed by atoms with Crippen LogP contribution in [0.2, 0.25) is 0 Å². The van der Waals surface area contributed by atoms with Gasteiger partial charge in [-0.1, -0.05) is 6.92 Å². The zero-order valence-electron chi connectivity index (χ0n) is 12.0. The Bertz CT molecular complexity index is 373. The van der Waals surface area contributed by atoms with Crippen LogP contribution in [0.3, 0.4) is 0 Å². The van der Waals surface area contributed by atoms with Gasteiger partial charge < -0.3 is 14.8 Å². The van der Waals surface area contributed by atoms with Gasteiger partial charge in [0.1, 0.15) is 5.01 Å². The maximum absolute atomic E-state index is 5.97. The molecule has 1 aliphatic rings. The van der Waals surface area contributed by atoms with E-state index in [0.717, 1.165) is 36.6 Å². The molecule has 0 spiro atoms. The Labute approximate surface area is 119 Å². The average Bonchev–Trinajstić information content (AvgIpc) is 2.81. The summed E-state index contributed by atoms with van der Waals surface area (Å²) in [5, 5.41) is 6.52. The molecule has 0 amide bonds. The van der Waals surface area contributed by atoms with Crippen LogP contribution in [0.5, 0.6) is 0 Å². The molecule has 19 heavy (non-hydrogen) atoms. The molecule has 0 radical (unpaired) electrons. The second-order valence-electron chi connectivity index (χ2n) is 5.17. The van der Waals surface area contributed by atoms with E-state index in [0.29, 0.717) is 24.9 Å². The molecule has 1 aliphatic heterocycles. The van der Waals surface area contributed by atoms with Gasteiger partial charge in [0, 0.05) is 11.9 Å². The molecule has 2 rings (SSSR count). The minimum Gasteiger partial charge on any atom is -0.375 e. The molecule has 0 saturated carbocycles. The molecule has 1 aromatic heterocycles. The minimum absolute atomic E-state index is 0.300. The van der Waals surface area contributed by atoms with E-state index in [1.54, 1.807) is 11.3 Å². The van der Waals surface area contributed by atoms with Crippen molar-refractivity contribution in [1.82, 2.24) is 10.3 Å². The molecule has 2 unspecified atom stereocenters. The van der Waals surface area contributed by atoms with Gasteiger partial charge in [0.25, 0.3) is 0 Å². The third-order valence-electron chi connectivity index (χ3n) is 3.25. The fourth-order valence-corrected chi connectivity index (χ4v) is 3.16. The monoisotopic (exact) mass is 284 g/mol. The molecule has 1 fully saturated rings. The zero-order chi connectivity index (χ0) is 13.7. The Kier molecular flexibility index (Phi) is 5.76. The van der Waals surface area contributed by atoms with E-state index in [-0.39, 0.29) is 0 Å². The van der Waals surface area contributed by atoms with Gasteiger partial charge in [0.05, 0.1) is 30.6 Å². The Morgan fingerprint density at radius 2 is 2.16 bits per heavy atom. The van der Waals surface area contributed by atoms with E-state index in [1.165, 1.54) is 0 Å². The molecule has 1 aromatic rings. The molecular formula is C14H24N2O2S. The highest BCUT2D eigenvalue weighted by Crippen LogP contribution is 2.22. The van der Waals surface area contributed by atoms with E-state index >= 15 is 0 Å². The lowest BCUT2D eigenvalue weighted by atomic mass is 10.0. The van der Waals surface area contributed by atoms with E-state index in [2.05, 4.69) is 36.5 Å². The van der Waals surface area contributed by atoms with Crippen LogP contribution in [0.1, 0.15) is 44.3 Å². The van der Waals surface area contributed by atoms with Gasteiger partial charge >= 0.3 is 0 Å². The van der Waals surface area contributed by atoms with Gasteiger partial charge in [-0.3, -0.25) is 0 Å². The molecule has 1 N–H and O–H groups in total. The van der Waals surface area contributed by atoms with E-state index < -0.39 is 0 Å². The number of hydrogen-bond donors (Lipinski definition) is 1. The van der Waals surface area contributed by atoms with Gasteiger partial charge in [-0.25, -0.2) is 4.98 Å². The number of nitrogens with zero attached hydrogens (tertiary/aromatic N) is 1. The summed E-state index contributed by atoms with van der Waals surface area (Å²) in [7, 11) is 0. The number of nitrogens with one attached hydrogen (secondary N) is 1. The number of hydrogen-bond acceptors (Lipinski definition) is 5. The third-order valence-corrected chi connectivity index (χ3v) is 4.14. The molecule has 0 bridgehead atoms. The number of ether oxygens (including phenoxy) is 2. The molecular weight excluding hydrogens is 260 g/mol. The first-order valence-corrected chi connectivity index (χ1v) is 7.96. The van der Waals surface area contributed by atoms with Crippen molar-refractivity contribution in [2.75, 3.05) is 6.54 Å². The molecule has 1 saturated heterocycles. The van der Waals surface area contributed by atoms with Crippen LogP contribution in [0.4, 0.5) is 0 Å². The standard InChI is InChI=1S/C14H24N2O2S/c1-4-15-7-14-16-12(9-19-14)8-17-13-5-10(2)18-11(3)6-13/h9-11,13,15H,4-8H2,1-3H3. The molecule has 2 atom stereocenters. The topological polar surface area (TPSA) is 43.4 Å². The van der Waals surface area contributed by atoms with Crippen molar-refractivity contribution in [1.29, 1.82) is 0 Å². The number of aromatic nitrogens is 1. The van der Waals surface area contributed by atoms with Crippen molar-refractivity contribution >= 4 is 11.3 Å². The van der Waals surface area contributed by atoms with E-state index in [1.807, 2.05) is 0 Å². The third kappa shape index (κ3) is 4.84. The minimum atomic E-state index is 0.300. The highest BCUT2D eigenvalue weighted by Gasteiger charge is 2.25. The number of rotatable bonds is 6. The summed E-state index contributed by atoms with van der Waals surface area (Å²) in [6, 6.07) is 0. The first-order chi connectivity index (χ1) is 9.17. The van der Waals surface area contributed by atoms with Gasteiger partial charge in [0.2, 0.25) is 0 Å².